The smallest absolute Gasteiger partial charge is 0.341 e. The minimum atomic E-state index is -1.17. The van der Waals surface area contributed by atoms with E-state index in [0.717, 1.165) is 18.6 Å². The van der Waals surface area contributed by atoms with Gasteiger partial charge in [-0.05, 0) is 30.7 Å². The van der Waals surface area contributed by atoms with Gasteiger partial charge in [0, 0.05) is 23.9 Å². The summed E-state index contributed by atoms with van der Waals surface area (Å²) in [7, 11) is 0. The van der Waals surface area contributed by atoms with E-state index in [2.05, 4.69) is 13.8 Å². The van der Waals surface area contributed by atoms with E-state index in [4.69, 9.17) is 9.84 Å². The van der Waals surface area contributed by atoms with Crippen molar-refractivity contribution >= 4 is 29.3 Å². The van der Waals surface area contributed by atoms with E-state index in [-0.39, 0.29) is 28.3 Å². The number of nitro benzene ring substituents is 1. The van der Waals surface area contributed by atoms with E-state index in [1.165, 1.54) is 18.2 Å². The number of amides is 1. The Hall–Kier alpha value is -2.29. The Bertz CT molecular complexity index is 696. The van der Waals surface area contributed by atoms with Gasteiger partial charge in [-0.3, -0.25) is 14.9 Å². The summed E-state index contributed by atoms with van der Waals surface area (Å²) in [5.41, 5.74) is -0.377. The molecule has 1 N–H and O–H groups in total. The average Bonchev–Trinajstić information content (AvgIpc) is 3.09. The first kappa shape index (κ1) is 20.0. The van der Waals surface area contributed by atoms with Crippen LogP contribution in [0.2, 0.25) is 0 Å². The van der Waals surface area contributed by atoms with Gasteiger partial charge in [0.25, 0.3) is 11.6 Å². The number of ether oxygens (including phenoxy) is 1. The fraction of sp³-hybridized carbons (Fsp3) is 0.529. The van der Waals surface area contributed by atoms with Gasteiger partial charge in [-0.25, -0.2) is 4.79 Å². The number of rotatable bonds is 8. The van der Waals surface area contributed by atoms with Crippen LogP contribution in [0.3, 0.4) is 0 Å². The van der Waals surface area contributed by atoms with Crippen LogP contribution < -0.4 is 4.74 Å². The van der Waals surface area contributed by atoms with Gasteiger partial charge in [-0.15, -0.1) is 0 Å². The van der Waals surface area contributed by atoms with Crippen molar-refractivity contribution in [2.24, 2.45) is 0 Å². The maximum absolute atomic E-state index is 13.0. The number of carbonyl (C=O) groups is 2. The van der Waals surface area contributed by atoms with Crippen LogP contribution in [0, 0.1) is 10.1 Å². The van der Waals surface area contributed by atoms with Crippen LogP contribution in [0.25, 0.3) is 0 Å². The molecule has 1 aromatic carbocycles. The second-order valence-electron chi connectivity index (χ2n) is 5.99. The molecule has 8 nitrogen and oxygen atoms in total. The number of likely N-dealkylation sites (tertiary alicyclic amines) is 1. The van der Waals surface area contributed by atoms with E-state index in [1.807, 2.05) is 0 Å². The first-order valence-corrected chi connectivity index (χ1v) is 9.45. The largest absolute Gasteiger partial charge is 0.482 e. The van der Waals surface area contributed by atoms with E-state index < -0.39 is 23.4 Å². The SMILES string of the molecule is CCSC(C)[C@@H]1CCCN1C(=O)c1cc(OCC(=O)O)ccc1[N+](=O)[O-]. The lowest BCUT2D eigenvalue weighted by Gasteiger charge is -2.29. The fourth-order valence-corrected chi connectivity index (χ4v) is 4.17. The molecule has 1 aliphatic heterocycles. The Morgan fingerprint density at radius 2 is 2.23 bits per heavy atom. The molecule has 0 radical (unpaired) electrons. The Labute approximate surface area is 155 Å². The van der Waals surface area contributed by atoms with Gasteiger partial charge in [0.2, 0.25) is 0 Å². The van der Waals surface area contributed by atoms with Crippen molar-refractivity contribution in [1.82, 2.24) is 4.90 Å². The number of hydrogen-bond acceptors (Lipinski definition) is 6. The normalized spacial score (nSPS) is 17.8. The number of carboxylic acids is 1. The van der Waals surface area contributed by atoms with Crippen molar-refractivity contribution < 1.29 is 24.4 Å². The third-order valence-electron chi connectivity index (χ3n) is 4.29. The lowest BCUT2D eigenvalue weighted by atomic mass is 10.1. The summed E-state index contributed by atoms with van der Waals surface area (Å²) in [5, 5.41) is 20.3. The van der Waals surface area contributed by atoms with Crippen LogP contribution in [0.4, 0.5) is 5.69 Å². The maximum atomic E-state index is 13.0. The molecule has 0 bridgehead atoms. The second kappa shape index (κ2) is 8.88. The molecule has 9 heteroatoms. The van der Waals surface area contributed by atoms with Crippen molar-refractivity contribution in [3.05, 3.63) is 33.9 Å². The highest BCUT2D eigenvalue weighted by Gasteiger charge is 2.35. The zero-order valence-corrected chi connectivity index (χ0v) is 15.5. The Morgan fingerprint density at radius 1 is 1.50 bits per heavy atom. The van der Waals surface area contributed by atoms with Crippen LogP contribution in [0.5, 0.6) is 5.75 Å². The molecule has 1 saturated heterocycles. The highest BCUT2D eigenvalue weighted by molar-refractivity contribution is 7.99. The summed E-state index contributed by atoms with van der Waals surface area (Å²) in [6.45, 7) is 4.08. The van der Waals surface area contributed by atoms with Gasteiger partial charge in [0.1, 0.15) is 11.3 Å². The number of aliphatic carboxylic acids is 1. The zero-order chi connectivity index (χ0) is 19.3. The van der Waals surface area contributed by atoms with Gasteiger partial charge >= 0.3 is 5.97 Å². The summed E-state index contributed by atoms with van der Waals surface area (Å²) in [6.07, 6.45) is 1.72. The summed E-state index contributed by atoms with van der Waals surface area (Å²) >= 11 is 1.75. The highest BCUT2D eigenvalue weighted by Crippen LogP contribution is 2.32. The zero-order valence-electron chi connectivity index (χ0n) is 14.7. The fourth-order valence-electron chi connectivity index (χ4n) is 3.14. The maximum Gasteiger partial charge on any atom is 0.341 e. The van der Waals surface area contributed by atoms with E-state index in [1.54, 1.807) is 16.7 Å². The van der Waals surface area contributed by atoms with Gasteiger partial charge in [-0.1, -0.05) is 13.8 Å². The molecule has 0 saturated carbocycles. The molecule has 0 spiro atoms. The third-order valence-corrected chi connectivity index (χ3v) is 5.46. The second-order valence-corrected chi connectivity index (χ2v) is 7.64. The Morgan fingerprint density at radius 3 is 2.85 bits per heavy atom. The quantitative estimate of drug-likeness (QED) is 0.544. The molecule has 142 valence electrons. The topological polar surface area (TPSA) is 110 Å². The molecule has 1 amide bonds. The lowest BCUT2D eigenvalue weighted by Crippen LogP contribution is -2.40. The summed E-state index contributed by atoms with van der Waals surface area (Å²) in [4.78, 5) is 36.1. The van der Waals surface area contributed by atoms with Crippen molar-refractivity contribution in [1.29, 1.82) is 0 Å². The standard InChI is InChI=1S/C17H22N2O6S/c1-3-26-11(2)14-5-4-8-18(14)17(22)13-9-12(25-10-16(20)21)6-7-15(13)19(23)24/h6-7,9,11,14H,3-5,8,10H2,1-2H3,(H,20,21)/t11?,14-/m0/s1. The van der Waals surface area contributed by atoms with Crippen LogP contribution in [-0.4, -0.2) is 57.0 Å². The lowest BCUT2D eigenvalue weighted by molar-refractivity contribution is -0.385. The number of carbonyl (C=O) groups excluding carboxylic acids is 1. The molecule has 1 unspecified atom stereocenters. The Kier molecular flexibility index (Phi) is 6.84. The summed E-state index contributed by atoms with van der Waals surface area (Å²) in [5.74, 6) is -0.531. The molecule has 1 fully saturated rings. The van der Waals surface area contributed by atoms with Gasteiger partial charge in [-0.2, -0.15) is 11.8 Å². The number of thioether (sulfide) groups is 1. The minimum Gasteiger partial charge on any atom is -0.482 e. The van der Waals surface area contributed by atoms with Crippen molar-refractivity contribution in [3.8, 4) is 5.75 Å². The van der Waals surface area contributed by atoms with Crippen LogP contribution in [0.1, 0.15) is 37.0 Å². The monoisotopic (exact) mass is 382 g/mol. The number of carboxylic acid groups (broad SMARTS) is 1. The van der Waals surface area contributed by atoms with Gasteiger partial charge in [0.15, 0.2) is 6.61 Å². The summed E-state index contributed by atoms with van der Waals surface area (Å²) < 4.78 is 5.07. The molecule has 0 aliphatic carbocycles. The molecule has 1 heterocycles. The predicted molar refractivity (Wildman–Crippen MR) is 97.9 cm³/mol. The molecule has 1 aliphatic rings. The first-order valence-electron chi connectivity index (χ1n) is 8.40. The predicted octanol–water partition coefficient (Wildman–Crippen LogP) is 2.80. The third kappa shape index (κ3) is 4.66. The van der Waals surface area contributed by atoms with Crippen molar-refractivity contribution in [2.45, 2.75) is 38.0 Å². The number of nitro groups is 1. The van der Waals surface area contributed by atoms with E-state index in [0.29, 0.717) is 6.54 Å². The molecule has 2 atom stereocenters. The van der Waals surface area contributed by atoms with E-state index in [9.17, 15) is 19.7 Å². The van der Waals surface area contributed by atoms with Gasteiger partial charge in [0.05, 0.1) is 4.92 Å². The van der Waals surface area contributed by atoms with Crippen molar-refractivity contribution in [2.75, 3.05) is 18.9 Å². The first-order chi connectivity index (χ1) is 12.3. The minimum absolute atomic E-state index is 0.0237. The highest BCUT2D eigenvalue weighted by atomic mass is 32.2. The van der Waals surface area contributed by atoms with E-state index >= 15 is 0 Å². The summed E-state index contributed by atoms with van der Waals surface area (Å²) in [6, 6.07) is 3.76. The molecule has 2 rings (SSSR count). The molecular weight excluding hydrogens is 360 g/mol. The molecule has 0 aromatic heterocycles. The molecular formula is C17H22N2O6S. The average molecular weight is 382 g/mol. The van der Waals surface area contributed by atoms with Crippen molar-refractivity contribution in [3.63, 3.8) is 0 Å². The molecule has 1 aromatic rings. The van der Waals surface area contributed by atoms with Crippen LogP contribution >= 0.6 is 11.8 Å². The van der Waals surface area contributed by atoms with Crippen LogP contribution in [-0.2, 0) is 4.79 Å². The number of benzene rings is 1. The number of nitrogens with zero attached hydrogens (tertiary/aromatic N) is 2. The van der Waals surface area contributed by atoms with Gasteiger partial charge < -0.3 is 14.7 Å². The van der Waals surface area contributed by atoms with Crippen LogP contribution in [0.15, 0.2) is 18.2 Å². The number of hydrogen-bond donors (Lipinski definition) is 1. The Balaban J connectivity index is 2.31. The molecule has 26 heavy (non-hydrogen) atoms.